The number of amides is 1. The third-order valence-corrected chi connectivity index (χ3v) is 5.32. The summed E-state index contributed by atoms with van der Waals surface area (Å²) in [5.41, 5.74) is 2.38. The van der Waals surface area contributed by atoms with Crippen molar-refractivity contribution in [2.45, 2.75) is 19.3 Å². The lowest BCUT2D eigenvalue weighted by molar-refractivity contribution is 0.0795. The van der Waals surface area contributed by atoms with Crippen molar-refractivity contribution in [2.24, 2.45) is 0 Å². The number of rotatable bonds is 2. The predicted octanol–water partition coefficient (Wildman–Crippen LogP) is 3.41. The van der Waals surface area contributed by atoms with Crippen LogP contribution in [0.2, 0.25) is 0 Å². The van der Waals surface area contributed by atoms with Gasteiger partial charge >= 0.3 is 0 Å². The molecule has 0 bridgehead atoms. The molecule has 0 spiro atoms. The zero-order valence-corrected chi connectivity index (χ0v) is 13.2. The van der Waals surface area contributed by atoms with Gasteiger partial charge in [0.2, 0.25) is 6.79 Å². The normalized spacial score (nSPS) is 19.7. The molecule has 1 unspecified atom stereocenters. The molecule has 1 fully saturated rings. The Labute approximate surface area is 133 Å². The van der Waals surface area contributed by atoms with E-state index in [0.29, 0.717) is 12.7 Å². The first-order chi connectivity index (χ1) is 10.7. The molecule has 2 aliphatic heterocycles. The van der Waals surface area contributed by atoms with Gasteiger partial charge in [-0.2, -0.15) is 0 Å². The Morgan fingerprint density at radius 3 is 2.95 bits per heavy atom. The molecule has 0 N–H and O–H groups in total. The SMILES string of the molecule is Cc1csc(C(=O)N2CCC(c3ccc4c(c3)OCO4)C2)c1. The highest BCUT2D eigenvalue weighted by atomic mass is 32.1. The summed E-state index contributed by atoms with van der Waals surface area (Å²) >= 11 is 1.53. The van der Waals surface area contributed by atoms with Crippen LogP contribution in [0.4, 0.5) is 0 Å². The van der Waals surface area contributed by atoms with E-state index in [-0.39, 0.29) is 5.91 Å². The summed E-state index contributed by atoms with van der Waals surface area (Å²) in [6.45, 7) is 3.91. The van der Waals surface area contributed by atoms with Gasteiger partial charge in [-0.1, -0.05) is 6.07 Å². The van der Waals surface area contributed by atoms with Crippen molar-refractivity contribution >= 4 is 17.2 Å². The zero-order valence-electron chi connectivity index (χ0n) is 12.4. The van der Waals surface area contributed by atoms with Gasteiger partial charge in [0, 0.05) is 19.0 Å². The molecule has 0 saturated carbocycles. The van der Waals surface area contributed by atoms with Crippen LogP contribution in [0.25, 0.3) is 0 Å². The molecular weight excluding hydrogens is 298 g/mol. The number of carbonyl (C=O) groups excluding carboxylic acids is 1. The van der Waals surface area contributed by atoms with Gasteiger partial charge in [-0.25, -0.2) is 0 Å². The van der Waals surface area contributed by atoms with Crippen LogP contribution in [0.15, 0.2) is 29.6 Å². The summed E-state index contributed by atoms with van der Waals surface area (Å²) in [6, 6.07) is 8.07. The van der Waals surface area contributed by atoms with E-state index in [1.807, 2.05) is 29.3 Å². The molecule has 3 heterocycles. The average Bonchev–Trinajstić information content (AvgIpc) is 3.25. The lowest BCUT2D eigenvalue weighted by Gasteiger charge is -2.16. The highest BCUT2D eigenvalue weighted by Crippen LogP contribution is 2.37. The molecule has 2 aromatic rings. The number of aryl methyl sites for hydroxylation is 1. The Bertz CT molecular complexity index is 724. The first-order valence-electron chi connectivity index (χ1n) is 7.44. The molecular formula is C17H17NO3S. The first-order valence-corrected chi connectivity index (χ1v) is 8.32. The van der Waals surface area contributed by atoms with Gasteiger partial charge in [0.1, 0.15) is 0 Å². The summed E-state index contributed by atoms with van der Waals surface area (Å²) in [4.78, 5) is 15.3. The molecule has 1 atom stereocenters. The maximum Gasteiger partial charge on any atom is 0.263 e. The second kappa shape index (κ2) is 5.32. The molecule has 4 rings (SSSR count). The summed E-state index contributed by atoms with van der Waals surface area (Å²) < 4.78 is 10.8. The van der Waals surface area contributed by atoms with Gasteiger partial charge in [0.25, 0.3) is 5.91 Å². The van der Waals surface area contributed by atoms with E-state index < -0.39 is 0 Å². The lowest BCUT2D eigenvalue weighted by Crippen LogP contribution is -2.27. The Balaban J connectivity index is 1.49. The van der Waals surface area contributed by atoms with Crippen molar-refractivity contribution in [3.8, 4) is 11.5 Å². The van der Waals surface area contributed by atoms with E-state index in [2.05, 4.69) is 12.1 Å². The van der Waals surface area contributed by atoms with E-state index >= 15 is 0 Å². The van der Waals surface area contributed by atoms with E-state index in [0.717, 1.165) is 41.4 Å². The van der Waals surface area contributed by atoms with Crippen LogP contribution >= 0.6 is 11.3 Å². The van der Waals surface area contributed by atoms with Crippen LogP contribution in [0.5, 0.6) is 11.5 Å². The number of nitrogens with zero attached hydrogens (tertiary/aromatic N) is 1. The van der Waals surface area contributed by atoms with Crippen molar-refractivity contribution in [2.75, 3.05) is 19.9 Å². The van der Waals surface area contributed by atoms with E-state index in [9.17, 15) is 4.79 Å². The third-order valence-electron chi connectivity index (χ3n) is 4.28. The third kappa shape index (κ3) is 2.35. The first kappa shape index (κ1) is 13.6. The molecule has 5 heteroatoms. The molecule has 22 heavy (non-hydrogen) atoms. The van der Waals surface area contributed by atoms with Crippen LogP contribution in [0, 0.1) is 6.92 Å². The molecule has 1 aromatic heterocycles. The summed E-state index contributed by atoms with van der Waals surface area (Å²) in [5.74, 6) is 2.15. The second-order valence-electron chi connectivity index (χ2n) is 5.84. The number of hydrogen-bond acceptors (Lipinski definition) is 4. The summed E-state index contributed by atoms with van der Waals surface area (Å²) in [5, 5.41) is 2.03. The quantitative estimate of drug-likeness (QED) is 0.852. The van der Waals surface area contributed by atoms with Crippen LogP contribution in [0.3, 0.4) is 0 Å². The smallest absolute Gasteiger partial charge is 0.263 e. The molecule has 4 nitrogen and oxygen atoms in total. The van der Waals surface area contributed by atoms with Crippen molar-refractivity contribution in [1.82, 2.24) is 4.90 Å². The maximum absolute atomic E-state index is 12.5. The van der Waals surface area contributed by atoms with Gasteiger partial charge in [-0.05, 0) is 48.1 Å². The summed E-state index contributed by atoms with van der Waals surface area (Å²) in [7, 11) is 0. The molecule has 1 aromatic carbocycles. The molecule has 114 valence electrons. The zero-order chi connectivity index (χ0) is 15.1. The van der Waals surface area contributed by atoms with Crippen LogP contribution in [-0.2, 0) is 0 Å². The molecule has 1 amide bonds. The van der Waals surface area contributed by atoms with Gasteiger partial charge in [0.05, 0.1) is 4.88 Å². The highest BCUT2D eigenvalue weighted by Gasteiger charge is 2.29. The standard InChI is InChI=1S/C17H17NO3S/c1-11-6-16(22-9-11)17(19)18-5-4-13(8-18)12-2-3-14-15(7-12)21-10-20-14/h2-3,6-7,9,13H,4-5,8,10H2,1H3. The van der Waals surface area contributed by atoms with Crippen LogP contribution in [0.1, 0.15) is 33.1 Å². The number of ether oxygens (including phenoxy) is 2. The van der Waals surface area contributed by atoms with Crippen molar-refractivity contribution in [1.29, 1.82) is 0 Å². The Hall–Kier alpha value is -2.01. The van der Waals surface area contributed by atoms with Crippen molar-refractivity contribution in [3.63, 3.8) is 0 Å². The predicted molar refractivity (Wildman–Crippen MR) is 84.9 cm³/mol. The Morgan fingerprint density at radius 2 is 2.14 bits per heavy atom. The molecule has 2 aliphatic rings. The van der Waals surface area contributed by atoms with E-state index in [4.69, 9.17) is 9.47 Å². The van der Waals surface area contributed by atoms with Crippen molar-refractivity contribution in [3.05, 3.63) is 45.6 Å². The van der Waals surface area contributed by atoms with Gasteiger partial charge in [0.15, 0.2) is 11.5 Å². The Kier molecular flexibility index (Phi) is 3.30. The monoisotopic (exact) mass is 315 g/mol. The number of carbonyl (C=O) groups is 1. The minimum atomic E-state index is 0.154. The Morgan fingerprint density at radius 1 is 1.27 bits per heavy atom. The second-order valence-corrected chi connectivity index (χ2v) is 6.75. The van der Waals surface area contributed by atoms with E-state index in [1.54, 1.807) is 0 Å². The minimum absolute atomic E-state index is 0.154. The minimum Gasteiger partial charge on any atom is -0.454 e. The van der Waals surface area contributed by atoms with Gasteiger partial charge in [-0.15, -0.1) is 11.3 Å². The average molecular weight is 315 g/mol. The number of fused-ring (bicyclic) bond motifs is 1. The molecule has 1 saturated heterocycles. The number of benzene rings is 1. The topological polar surface area (TPSA) is 38.8 Å². The summed E-state index contributed by atoms with van der Waals surface area (Å²) in [6.07, 6.45) is 0.996. The van der Waals surface area contributed by atoms with Crippen LogP contribution < -0.4 is 9.47 Å². The largest absolute Gasteiger partial charge is 0.454 e. The van der Waals surface area contributed by atoms with Gasteiger partial charge < -0.3 is 14.4 Å². The number of thiophene rings is 1. The number of hydrogen-bond donors (Lipinski definition) is 0. The maximum atomic E-state index is 12.5. The number of likely N-dealkylation sites (tertiary alicyclic amines) is 1. The fourth-order valence-electron chi connectivity index (χ4n) is 3.08. The van der Waals surface area contributed by atoms with E-state index in [1.165, 1.54) is 16.9 Å². The fraction of sp³-hybridized carbons (Fsp3) is 0.353. The highest BCUT2D eigenvalue weighted by molar-refractivity contribution is 7.12. The molecule has 0 radical (unpaired) electrons. The van der Waals surface area contributed by atoms with Crippen LogP contribution in [-0.4, -0.2) is 30.7 Å². The van der Waals surface area contributed by atoms with Crippen molar-refractivity contribution < 1.29 is 14.3 Å². The molecule has 0 aliphatic carbocycles. The lowest BCUT2D eigenvalue weighted by atomic mass is 9.98. The van der Waals surface area contributed by atoms with Gasteiger partial charge in [-0.3, -0.25) is 4.79 Å². The fourth-order valence-corrected chi connectivity index (χ4v) is 3.95.